The van der Waals surface area contributed by atoms with Gasteiger partial charge < -0.3 is 4.90 Å². The Hall–Kier alpha value is -5.14. The van der Waals surface area contributed by atoms with E-state index in [1.165, 1.54) is 38.9 Å². The van der Waals surface area contributed by atoms with Gasteiger partial charge in [0.25, 0.3) is 0 Å². The summed E-state index contributed by atoms with van der Waals surface area (Å²) in [5.74, 6) is 0.319. The van der Waals surface area contributed by atoms with Crippen LogP contribution in [0.1, 0.15) is 45.7 Å². The van der Waals surface area contributed by atoms with Crippen LogP contribution in [0.5, 0.6) is 0 Å². The molecule has 0 heterocycles. The second-order valence-corrected chi connectivity index (χ2v) is 11.6. The Labute approximate surface area is 262 Å². The van der Waals surface area contributed by atoms with Crippen LogP contribution >= 0.6 is 0 Å². The Bertz CT molecular complexity index is 1810. The summed E-state index contributed by atoms with van der Waals surface area (Å²) >= 11 is 0. The highest BCUT2D eigenvalue weighted by Gasteiger charge is 2.16. The molecule has 1 atom stereocenters. The molecule has 0 radical (unpaired) electrons. The fourth-order valence-corrected chi connectivity index (χ4v) is 6.07. The van der Waals surface area contributed by atoms with Gasteiger partial charge in [-0.15, -0.1) is 0 Å². The van der Waals surface area contributed by atoms with Gasteiger partial charge in [0.1, 0.15) is 0 Å². The van der Waals surface area contributed by atoms with Crippen LogP contribution in [0.4, 0.5) is 17.1 Å². The average Bonchev–Trinajstić information content (AvgIpc) is 3.06. The number of aryl methyl sites for hydroxylation is 3. The Morgan fingerprint density at radius 1 is 0.545 bits per heavy atom. The van der Waals surface area contributed by atoms with Crippen molar-refractivity contribution >= 4 is 23.1 Å². The van der Waals surface area contributed by atoms with Crippen LogP contribution in [0.2, 0.25) is 0 Å². The minimum Gasteiger partial charge on any atom is -0.310 e. The van der Waals surface area contributed by atoms with Crippen LogP contribution in [-0.2, 0) is 6.42 Å². The molecule has 0 aliphatic carbocycles. The molecule has 0 aliphatic heterocycles. The first kappa shape index (κ1) is 29.0. The van der Waals surface area contributed by atoms with E-state index in [4.69, 9.17) is 0 Å². The third-order valence-corrected chi connectivity index (χ3v) is 8.42. The number of hydrogen-bond donors (Lipinski definition) is 0. The predicted octanol–water partition coefficient (Wildman–Crippen LogP) is 11.8. The van der Waals surface area contributed by atoms with Crippen molar-refractivity contribution < 1.29 is 0 Å². The molecule has 44 heavy (non-hydrogen) atoms. The molecule has 0 aliphatic rings. The standard InChI is InChI=1S/C43H39N/c1-4-34-16-19-38(20-17-34)43(29-18-35-12-8-10-32(2)30-35)39-23-21-36(22-24-39)37-25-27-41(28-26-37)44(40-13-6-5-7-14-40)42-15-9-11-33(3)31-42/h4-17,19-28,30-31,43H,1,18,29H2,2-3H3. The fraction of sp³-hybridized carbons (Fsp3) is 0.116. The van der Waals surface area contributed by atoms with Crippen molar-refractivity contribution in [1.29, 1.82) is 0 Å². The highest BCUT2D eigenvalue weighted by Crippen LogP contribution is 2.36. The summed E-state index contributed by atoms with van der Waals surface area (Å²) in [6.45, 7) is 8.24. The van der Waals surface area contributed by atoms with Gasteiger partial charge in [-0.1, -0.05) is 133 Å². The number of rotatable bonds is 10. The van der Waals surface area contributed by atoms with Crippen LogP contribution < -0.4 is 4.90 Å². The van der Waals surface area contributed by atoms with Gasteiger partial charge >= 0.3 is 0 Å². The van der Waals surface area contributed by atoms with Crippen LogP contribution in [0.15, 0.2) is 158 Å². The quantitative estimate of drug-likeness (QED) is 0.159. The topological polar surface area (TPSA) is 3.24 Å². The van der Waals surface area contributed by atoms with Gasteiger partial charge in [-0.2, -0.15) is 0 Å². The minimum absolute atomic E-state index is 0.319. The summed E-state index contributed by atoms with van der Waals surface area (Å²) in [6.07, 6.45) is 4.00. The molecule has 0 aromatic heterocycles. The van der Waals surface area contributed by atoms with E-state index in [0.717, 1.165) is 35.5 Å². The number of para-hydroxylation sites is 1. The monoisotopic (exact) mass is 569 g/mol. The molecule has 0 bridgehead atoms. The second-order valence-electron chi connectivity index (χ2n) is 11.6. The van der Waals surface area contributed by atoms with E-state index >= 15 is 0 Å². The maximum Gasteiger partial charge on any atom is 0.0464 e. The van der Waals surface area contributed by atoms with Gasteiger partial charge in [-0.25, -0.2) is 0 Å². The Kier molecular flexibility index (Phi) is 8.85. The van der Waals surface area contributed by atoms with Crippen molar-refractivity contribution in [1.82, 2.24) is 0 Å². The van der Waals surface area contributed by atoms with Gasteiger partial charge in [0.05, 0.1) is 0 Å². The lowest BCUT2D eigenvalue weighted by molar-refractivity contribution is 0.715. The van der Waals surface area contributed by atoms with Crippen molar-refractivity contribution in [2.75, 3.05) is 4.90 Å². The van der Waals surface area contributed by atoms with E-state index in [2.05, 4.69) is 177 Å². The highest BCUT2D eigenvalue weighted by atomic mass is 15.1. The van der Waals surface area contributed by atoms with E-state index in [9.17, 15) is 0 Å². The maximum atomic E-state index is 3.93. The number of hydrogen-bond acceptors (Lipinski definition) is 1. The predicted molar refractivity (Wildman–Crippen MR) is 189 cm³/mol. The van der Waals surface area contributed by atoms with Gasteiger partial charge in [0, 0.05) is 23.0 Å². The van der Waals surface area contributed by atoms with Crippen molar-refractivity contribution in [3.63, 3.8) is 0 Å². The SMILES string of the molecule is C=Cc1ccc(C(CCc2cccc(C)c2)c2ccc(-c3ccc(N(c4ccccc4)c4cccc(C)c4)cc3)cc2)cc1. The third kappa shape index (κ3) is 6.74. The molecular weight excluding hydrogens is 530 g/mol. The molecule has 0 saturated heterocycles. The summed E-state index contributed by atoms with van der Waals surface area (Å²) in [7, 11) is 0. The molecule has 0 spiro atoms. The van der Waals surface area contributed by atoms with Crippen LogP contribution in [0.25, 0.3) is 17.2 Å². The van der Waals surface area contributed by atoms with Gasteiger partial charge in [0.2, 0.25) is 0 Å². The first-order valence-electron chi connectivity index (χ1n) is 15.5. The summed E-state index contributed by atoms with van der Waals surface area (Å²) in [5, 5.41) is 0. The zero-order valence-corrected chi connectivity index (χ0v) is 25.7. The summed E-state index contributed by atoms with van der Waals surface area (Å²) < 4.78 is 0. The molecule has 0 amide bonds. The molecular formula is C43H39N. The van der Waals surface area contributed by atoms with Crippen LogP contribution in [0.3, 0.4) is 0 Å². The summed E-state index contributed by atoms with van der Waals surface area (Å²) in [4.78, 5) is 2.32. The first-order valence-corrected chi connectivity index (χ1v) is 15.5. The van der Waals surface area contributed by atoms with E-state index in [1.807, 2.05) is 6.08 Å². The molecule has 6 aromatic rings. The minimum atomic E-state index is 0.319. The first-order chi connectivity index (χ1) is 21.6. The molecule has 6 rings (SSSR count). The van der Waals surface area contributed by atoms with Crippen LogP contribution in [-0.4, -0.2) is 0 Å². The van der Waals surface area contributed by atoms with Gasteiger partial charge in [-0.05, 0) is 102 Å². The largest absolute Gasteiger partial charge is 0.310 e. The van der Waals surface area contributed by atoms with E-state index in [0.29, 0.717) is 5.92 Å². The summed E-state index contributed by atoms with van der Waals surface area (Å²) in [6, 6.07) is 55.1. The average molecular weight is 570 g/mol. The van der Waals surface area contributed by atoms with Crippen molar-refractivity contribution in [3.05, 3.63) is 192 Å². The lowest BCUT2D eigenvalue weighted by atomic mass is 9.85. The molecule has 1 unspecified atom stereocenters. The second kappa shape index (κ2) is 13.4. The van der Waals surface area contributed by atoms with Crippen molar-refractivity contribution in [2.45, 2.75) is 32.6 Å². The molecule has 0 fully saturated rings. The van der Waals surface area contributed by atoms with Crippen molar-refractivity contribution in [2.24, 2.45) is 0 Å². The molecule has 1 heteroatoms. The Morgan fingerprint density at radius 2 is 1.09 bits per heavy atom. The molecule has 1 nitrogen and oxygen atoms in total. The molecule has 6 aromatic carbocycles. The zero-order valence-electron chi connectivity index (χ0n) is 25.7. The van der Waals surface area contributed by atoms with E-state index in [-0.39, 0.29) is 0 Å². The number of benzene rings is 6. The molecule has 216 valence electrons. The third-order valence-electron chi connectivity index (χ3n) is 8.42. The smallest absolute Gasteiger partial charge is 0.0464 e. The molecule has 0 N–H and O–H groups in total. The normalized spacial score (nSPS) is 11.6. The van der Waals surface area contributed by atoms with E-state index in [1.54, 1.807) is 0 Å². The van der Waals surface area contributed by atoms with Crippen LogP contribution in [0, 0.1) is 13.8 Å². The number of nitrogens with zero attached hydrogens (tertiary/aromatic N) is 1. The van der Waals surface area contributed by atoms with Gasteiger partial charge in [-0.3, -0.25) is 0 Å². The summed E-state index contributed by atoms with van der Waals surface area (Å²) in [5.41, 5.74) is 13.7. The van der Waals surface area contributed by atoms with Gasteiger partial charge in [0.15, 0.2) is 0 Å². The maximum absolute atomic E-state index is 3.93. The van der Waals surface area contributed by atoms with Crippen molar-refractivity contribution in [3.8, 4) is 11.1 Å². The fourth-order valence-electron chi connectivity index (χ4n) is 6.07. The lowest BCUT2D eigenvalue weighted by Gasteiger charge is -2.26. The Balaban J connectivity index is 1.27. The molecule has 0 saturated carbocycles. The lowest BCUT2D eigenvalue weighted by Crippen LogP contribution is -2.09. The number of anilines is 3. The zero-order chi connectivity index (χ0) is 30.3. The highest BCUT2D eigenvalue weighted by molar-refractivity contribution is 5.78. The van der Waals surface area contributed by atoms with E-state index < -0.39 is 0 Å². The Morgan fingerprint density at radius 3 is 1.70 bits per heavy atom.